The minimum atomic E-state index is 0.00965. The normalized spacial score (nSPS) is 16.2. The van der Waals surface area contributed by atoms with E-state index in [2.05, 4.69) is 16.0 Å². The van der Waals surface area contributed by atoms with Gasteiger partial charge in [-0.05, 0) is 35.4 Å². The van der Waals surface area contributed by atoms with Gasteiger partial charge in [0.05, 0.1) is 22.9 Å². The van der Waals surface area contributed by atoms with Gasteiger partial charge in [0.15, 0.2) is 0 Å². The van der Waals surface area contributed by atoms with Crippen LogP contribution in [0, 0.1) is 11.3 Å². The van der Waals surface area contributed by atoms with Gasteiger partial charge in [0.1, 0.15) is 6.67 Å². The average Bonchev–Trinajstić information content (AvgIpc) is 2.72. The van der Waals surface area contributed by atoms with Crippen molar-refractivity contribution in [1.29, 1.82) is 5.26 Å². The van der Waals surface area contributed by atoms with Crippen LogP contribution in [-0.4, -0.2) is 34.6 Å². The number of hydrogen-bond acceptors (Lipinski definition) is 4. The van der Waals surface area contributed by atoms with Crippen molar-refractivity contribution in [2.45, 2.75) is 19.5 Å². The molecule has 2 aromatic carbocycles. The highest BCUT2D eigenvalue weighted by Crippen LogP contribution is 2.23. The molecule has 6 heteroatoms. The topological polar surface area (TPSA) is 59.7 Å². The van der Waals surface area contributed by atoms with Crippen molar-refractivity contribution in [2.75, 3.05) is 13.2 Å². The van der Waals surface area contributed by atoms with Gasteiger partial charge in [-0.25, -0.2) is 0 Å². The van der Waals surface area contributed by atoms with Gasteiger partial charge in [0.25, 0.3) is 5.91 Å². The Morgan fingerprint density at radius 2 is 1.93 bits per heavy atom. The Kier molecular flexibility index (Phi) is 5.14. The summed E-state index contributed by atoms with van der Waals surface area (Å²) in [6.45, 7) is 2.37. The summed E-state index contributed by atoms with van der Waals surface area (Å²) in [7, 11) is 0. The number of carbonyl (C=O) groups excluding carboxylic acids is 1. The minimum Gasteiger partial charge on any atom is -0.372 e. The summed E-state index contributed by atoms with van der Waals surface area (Å²) in [5.41, 5.74) is 4.28. The van der Waals surface area contributed by atoms with E-state index in [4.69, 9.17) is 16.9 Å². The van der Waals surface area contributed by atoms with Crippen molar-refractivity contribution in [1.82, 2.24) is 9.80 Å². The van der Waals surface area contributed by atoms with Gasteiger partial charge >= 0.3 is 0 Å². The Morgan fingerprint density at radius 1 is 1.11 bits per heavy atom. The van der Waals surface area contributed by atoms with Crippen LogP contribution in [0.3, 0.4) is 0 Å². The van der Waals surface area contributed by atoms with E-state index >= 15 is 0 Å². The van der Waals surface area contributed by atoms with Crippen LogP contribution < -0.4 is 0 Å². The van der Waals surface area contributed by atoms with Gasteiger partial charge in [-0.1, -0.05) is 35.9 Å². The molecule has 4 rings (SSSR count). The molecular formula is C22H19ClN4O. The lowest BCUT2D eigenvalue weighted by atomic mass is 10.0. The maximum absolute atomic E-state index is 13.0. The predicted molar refractivity (Wildman–Crippen MR) is 109 cm³/mol. The number of rotatable bonds is 4. The SMILES string of the molecule is N#Cc1cccc(CN2C=C3C(=O)N(Cc4ccc(Cl)cc4)CN=C3CC2)c1. The summed E-state index contributed by atoms with van der Waals surface area (Å²) in [6, 6.07) is 17.3. The number of halogens is 1. The fraction of sp³-hybridized carbons (Fsp3) is 0.227. The molecule has 0 aliphatic carbocycles. The average molecular weight is 391 g/mol. The molecule has 0 saturated heterocycles. The molecule has 0 radical (unpaired) electrons. The van der Waals surface area contributed by atoms with Gasteiger partial charge in [0, 0.05) is 37.3 Å². The molecule has 0 aromatic heterocycles. The number of carbonyl (C=O) groups is 1. The van der Waals surface area contributed by atoms with E-state index < -0.39 is 0 Å². The zero-order valence-electron chi connectivity index (χ0n) is 15.3. The number of nitrogens with zero attached hydrogens (tertiary/aromatic N) is 4. The molecule has 2 aromatic rings. The van der Waals surface area contributed by atoms with Crippen molar-refractivity contribution in [3.05, 3.63) is 82.0 Å². The van der Waals surface area contributed by atoms with Crippen molar-refractivity contribution in [3.8, 4) is 6.07 Å². The predicted octanol–water partition coefficient (Wildman–Crippen LogP) is 3.74. The zero-order chi connectivity index (χ0) is 19.5. The van der Waals surface area contributed by atoms with E-state index in [1.807, 2.05) is 48.7 Å². The van der Waals surface area contributed by atoms with Crippen molar-refractivity contribution >= 4 is 23.2 Å². The van der Waals surface area contributed by atoms with Gasteiger partial charge in [-0.3, -0.25) is 9.79 Å². The molecule has 0 atom stereocenters. The quantitative estimate of drug-likeness (QED) is 0.798. The maximum atomic E-state index is 13.0. The molecule has 2 heterocycles. The van der Waals surface area contributed by atoms with Crippen molar-refractivity contribution in [3.63, 3.8) is 0 Å². The van der Waals surface area contributed by atoms with Crippen LogP contribution >= 0.6 is 11.6 Å². The Morgan fingerprint density at radius 3 is 2.71 bits per heavy atom. The first kappa shape index (κ1) is 18.3. The number of benzene rings is 2. The van der Waals surface area contributed by atoms with Crippen LogP contribution in [0.5, 0.6) is 0 Å². The molecule has 0 N–H and O–H groups in total. The lowest BCUT2D eigenvalue weighted by Gasteiger charge is -2.33. The Balaban J connectivity index is 1.50. The molecule has 0 unspecified atom stereocenters. The highest BCUT2D eigenvalue weighted by molar-refractivity contribution is 6.30. The standard InChI is InChI=1S/C22H19ClN4O/c23-19-6-4-16(5-7-19)13-27-15-25-21-8-9-26(14-20(21)22(27)28)12-18-3-1-2-17(10-18)11-24/h1-7,10,14H,8-9,12-13,15H2. The smallest absolute Gasteiger partial charge is 0.258 e. The highest BCUT2D eigenvalue weighted by Gasteiger charge is 2.30. The van der Waals surface area contributed by atoms with Gasteiger partial charge < -0.3 is 9.80 Å². The molecular weight excluding hydrogens is 372 g/mol. The van der Waals surface area contributed by atoms with Crippen LogP contribution in [0.2, 0.25) is 5.02 Å². The molecule has 1 amide bonds. The fourth-order valence-electron chi connectivity index (χ4n) is 3.48. The van der Waals surface area contributed by atoms with Crippen LogP contribution in [0.4, 0.5) is 0 Å². The molecule has 0 bridgehead atoms. The van der Waals surface area contributed by atoms with Crippen LogP contribution in [0.15, 0.2) is 65.3 Å². The van der Waals surface area contributed by atoms with E-state index in [9.17, 15) is 4.79 Å². The second-order valence-electron chi connectivity index (χ2n) is 6.95. The maximum Gasteiger partial charge on any atom is 0.258 e. The van der Waals surface area contributed by atoms with Gasteiger partial charge in [-0.15, -0.1) is 0 Å². The van der Waals surface area contributed by atoms with Gasteiger partial charge in [0.2, 0.25) is 0 Å². The number of amides is 1. The molecule has 0 fully saturated rings. The van der Waals surface area contributed by atoms with Crippen molar-refractivity contribution < 1.29 is 4.79 Å². The first-order valence-electron chi connectivity index (χ1n) is 9.15. The van der Waals surface area contributed by atoms with Gasteiger partial charge in [-0.2, -0.15) is 5.26 Å². The molecule has 140 valence electrons. The second-order valence-corrected chi connectivity index (χ2v) is 7.39. The highest BCUT2D eigenvalue weighted by atomic mass is 35.5. The number of aliphatic imine (C=N–C) groups is 1. The van der Waals surface area contributed by atoms with Crippen molar-refractivity contribution in [2.24, 2.45) is 4.99 Å². The molecule has 0 saturated carbocycles. The minimum absolute atomic E-state index is 0.00965. The number of fused-ring (bicyclic) bond motifs is 1. The van der Waals surface area contributed by atoms with E-state index in [-0.39, 0.29) is 5.91 Å². The molecule has 28 heavy (non-hydrogen) atoms. The Hall–Kier alpha value is -3.10. The molecule has 5 nitrogen and oxygen atoms in total. The molecule has 0 spiro atoms. The Bertz CT molecular complexity index is 1000. The summed E-state index contributed by atoms with van der Waals surface area (Å²) in [5, 5.41) is 9.75. The summed E-state index contributed by atoms with van der Waals surface area (Å²) in [5.74, 6) is 0.00965. The summed E-state index contributed by atoms with van der Waals surface area (Å²) in [6.07, 6.45) is 2.67. The third kappa shape index (κ3) is 3.92. The van der Waals surface area contributed by atoms with Crippen LogP contribution in [0.1, 0.15) is 23.1 Å². The molecule has 2 aliphatic rings. The van der Waals surface area contributed by atoms with E-state index in [1.54, 1.807) is 11.0 Å². The molecule has 2 aliphatic heterocycles. The lowest BCUT2D eigenvalue weighted by molar-refractivity contribution is -0.127. The second kappa shape index (κ2) is 7.87. The number of nitriles is 1. The largest absolute Gasteiger partial charge is 0.372 e. The third-order valence-electron chi connectivity index (χ3n) is 4.94. The van der Waals surface area contributed by atoms with E-state index in [0.29, 0.717) is 35.9 Å². The summed E-state index contributed by atoms with van der Waals surface area (Å²) >= 11 is 5.94. The monoisotopic (exact) mass is 390 g/mol. The first-order chi connectivity index (χ1) is 13.6. The fourth-order valence-corrected chi connectivity index (χ4v) is 3.61. The van der Waals surface area contributed by atoms with E-state index in [1.165, 1.54) is 0 Å². The Labute approximate surface area is 169 Å². The first-order valence-corrected chi connectivity index (χ1v) is 9.52. The zero-order valence-corrected chi connectivity index (χ0v) is 16.1. The van der Waals surface area contributed by atoms with E-state index in [0.717, 1.165) is 29.8 Å². The third-order valence-corrected chi connectivity index (χ3v) is 5.19. The summed E-state index contributed by atoms with van der Waals surface area (Å²) in [4.78, 5) is 21.5. The van der Waals surface area contributed by atoms with Crippen LogP contribution in [-0.2, 0) is 17.9 Å². The van der Waals surface area contributed by atoms with Crippen LogP contribution in [0.25, 0.3) is 0 Å². The summed E-state index contributed by atoms with van der Waals surface area (Å²) < 4.78 is 0. The number of hydrogen-bond donors (Lipinski definition) is 0. The lowest BCUT2D eigenvalue weighted by Crippen LogP contribution is -2.42.